The summed E-state index contributed by atoms with van der Waals surface area (Å²) in [6.07, 6.45) is 20.8. The summed E-state index contributed by atoms with van der Waals surface area (Å²) in [5.74, 6) is 0.0845. The van der Waals surface area contributed by atoms with Crippen molar-refractivity contribution in [2.24, 2.45) is 27.6 Å². The van der Waals surface area contributed by atoms with Crippen molar-refractivity contribution in [3.63, 3.8) is 0 Å². The van der Waals surface area contributed by atoms with Crippen molar-refractivity contribution in [2.45, 2.75) is 253 Å². The molecule has 17 nitrogen and oxygen atoms in total. The Morgan fingerprint density at radius 3 is 1.34 bits per heavy atom. The fourth-order valence-corrected chi connectivity index (χ4v) is 15.3. The topological polar surface area (TPSA) is 234 Å². The lowest BCUT2D eigenvalue weighted by Crippen LogP contribution is -2.62. The lowest BCUT2D eigenvalue weighted by atomic mass is 9.51. The molecule has 0 unspecified atom stereocenters. The molecule has 2 aliphatic heterocycles. The number of carboxylic acid groups (broad SMARTS) is 2. The second-order valence-corrected chi connectivity index (χ2v) is 30.9. The molecule has 0 radical (unpaired) electrons. The molecular formula is C70H103IN6O11. The number of nitrogens with zero attached hydrogens (tertiary/aromatic N) is 5. The number of carbonyl (C=O) groups excluding carboxylic acids is 5. The number of halogens is 1. The van der Waals surface area contributed by atoms with Crippen LogP contribution in [0.5, 0.6) is 0 Å². The number of amides is 3. The fourth-order valence-electron chi connectivity index (χ4n) is 15.3. The molecular weight excluding hydrogens is 1230 g/mol. The monoisotopic (exact) mass is 1330 g/mol. The molecule has 2 saturated heterocycles. The van der Waals surface area contributed by atoms with Crippen LogP contribution in [-0.2, 0) is 34.8 Å². The quantitative estimate of drug-likeness (QED) is 0.146. The zero-order valence-corrected chi connectivity index (χ0v) is 57.8. The maximum atomic E-state index is 13.9. The number of nitrogens with one attached hydrogen (secondary N) is 1. The van der Waals surface area contributed by atoms with Crippen LogP contribution in [0.1, 0.15) is 274 Å². The Morgan fingerprint density at radius 1 is 0.580 bits per heavy atom. The van der Waals surface area contributed by atoms with Crippen LogP contribution in [0, 0.1) is 27.6 Å². The Hall–Kier alpha value is -5.20. The van der Waals surface area contributed by atoms with Crippen molar-refractivity contribution in [1.29, 1.82) is 0 Å². The van der Waals surface area contributed by atoms with Crippen LogP contribution in [0.2, 0.25) is 0 Å². The number of carboxylic acids is 2. The summed E-state index contributed by atoms with van der Waals surface area (Å²) in [5, 5.41) is 21.7. The maximum absolute atomic E-state index is 13.9. The molecule has 8 fully saturated rings. The lowest BCUT2D eigenvalue weighted by molar-refractivity contribution is -0.191. The van der Waals surface area contributed by atoms with Crippen LogP contribution in [0.4, 0.5) is 0 Å². The summed E-state index contributed by atoms with van der Waals surface area (Å²) in [7, 11) is 0. The Bertz CT molecular complexity index is 3190. The third-order valence-corrected chi connectivity index (χ3v) is 21.4. The summed E-state index contributed by atoms with van der Waals surface area (Å²) in [5.41, 5.74) is 6.64. The highest BCUT2D eigenvalue weighted by molar-refractivity contribution is 14.0. The number of fused-ring (bicyclic) bond motifs is 2. The van der Waals surface area contributed by atoms with E-state index in [0.717, 1.165) is 72.2 Å². The minimum atomic E-state index is -0.779. The van der Waals surface area contributed by atoms with Crippen molar-refractivity contribution in [1.82, 2.24) is 30.0 Å². The average Bonchev–Trinajstić information content (AvgIpc) is 1.90. The molecule has 8 aliphatic rings. The van der Waals surface area contributed by atoms with E-state index < -0.39 is 28.3 Å². The second kappa shape index (κ2) is 26.9. The van der Waals surface area contributed by atoms with Crippen LogP contribution in [0.3, 0.4) is 0 Å². The van der Waals surface area contributed by atoms with E-state index in [-0.39, 0.29) is 70.1 Å². The zero-order chi connectivity index (χ0) is 63.9. The summed E-state index contributed by atoms with van der Waals surface area (Å²) < 4.78 is 12.5. The molecule has 12 rings (SSSR count). The minimum Gasteiger partial charge on any atom is -0.481 e. The fraction of sp³-hybridized carbons (Fsp3) is 0.714. The first kappa shape index (κ1) is 70.3. The molecule has 6 aliphatic carbocycles. The van der Waals surface area contributed by atoms with Gasteiger partial charge in [-0.05, 0) is 165 Å². The van der Waals surface area contributed by atoms with Gasteiger partial charge in [-0.2, -0.15) is 9.59 Å². The van der Waals surface area contributed by atoms with Gasteiger partial charge in [0.25, 0.3) is 11.8 Å². The van der Waals surface area contributed by atoms with Crippen LogP contribution in [-0.4, -0.2) is 121 Å². The molecule has 2 spiro atoms. The lowest BCUT2D eigenvalue weighted by Gasteiger charge is -2.54. The molecule has 4 aromatic heterocycles. The predicted molar refractivity (Wildman–Crippen MR) is 350 cm³/mol. The van der Waals surface area contributed by atoms with Gasteiger partial charge in [-0.1, -0.05) is 87.5 Å². The Morgan fingerprint density at radius 2 is 0.989 bits per heavy atom. The summed E-state index contributed by atoms with van der Waals surface area (Å²) in [6.45, 7) is 32.6. The Labute approximate surface area is 539 Å². The number of pyridine rings is 2. The molecule has 3 amide bonds. The second-order valence-electron chi connectivity index (χ2n) is 30.9. The molecule has 88 heavy (non-hydrogen) atoms. The van der Waals surface area contributed by atoms with Gasteiger partial charge in [0.05, 0.1) is 21.9 Å². The number of aromatic nitrogens is 2. The van der Waals surface area contributed by atoms with Gasteiger partial charge >= 0.3 is 18.1 Å². The van der Waals surface area contributed by atoms with Gasteiger partial charge in [-0.15, -0.1) is 24.0 Å². The van der Waals surface area contributed by atoms with Crippen molar-refractivity contribution >= 4 is 82.0 Å². The van der Waals surface area contributed by atoms with Crippen LogP contribution < -0.4 is 5.32 Å². The first-order chi connectivity index (χ1) is 40.8. The molecule has 4 aromatic rings. The number of hydrogen-bond acceptors (Lipinski definition) is 12. The van der Waals surface area contributed by atoms with E-state index in [1.807, 2.05) is 61.5 Å². The number of furan rings is 2. The zero-order valence-electron chi connectivity index (χ0n) is 55.4. The first-order valence-corrected chi connectivity index (χ1v) is 32.8. The average molecular weight is 1330 g/mol. The van der Waals surface area contributed by atoms with Gasteiger partial charge < -0.3 is 39.1 Å². The van der Waals surface area contributed by atoms with Gasteiger partial charge in [0, 0.05) is 91.7 Å². The highest BCUT2D eigenvalue weighted by Crippen LogP contribution is 2.63. The number of rotatable bonds is 7. The van der Waals surface area contributed by atoms with Gasteiger partial charge in [0.2, 0.25) is 5.91 Å². The van der Waals surface area contributed by atoms with Gasteiger partial charge in [-0.25, -0.2) is 9.97 Å². The SMILES string of the molecule is CC.CC(C)(C)c1cc(C2CC3(CCC3)C2)nc2cc(C(=O)N3CCNCC3(C)C)oc12.CC1(C(=O)O)CCC(C(=O)N2CCN(C(=O)c3cc4nc(C5CC6(CCC6)C5)cc(C(C)(C)C)c4o3)C(C)(C)C2)CC1.CC1(C(=O)O)CCCCC1.I.O=C=O. The summed E-state index contributed by atoms with van der Waals surface area (Å²) in [4.78, 5) is 94.9. The van der Waals surface area contributed by atoms with Gasteiger partial charge in [-0.3, -0.25) is 24.0 Å². The van der Waals surface area contributed by atoms with Gasteiger partial charge in [0.15, 0.2) is 22.7 Å². The molecule has 6 heterocycles. The molecule has 0 bridgehead atoms. The third-order valence-electron chi connectivity index (χ3n) is 21.4. The molecule has 18 heteroatoms. The largest absolute Gasteiger partial charge is 0.481 e. The van der Waals surface area contributed by atoms with E-state index in [1.165, 1.54) is 76.3 Å². The highest BCUT2D eigenvalue weighted by Gasteiger charge is 2.51. The van der Waals surface area contributed by atoms with E-state index in [4.69, 9.17) is 33.5 Å². The molecule has 6 saturated carbocycles. The molecule has 486 valence electrons. The molecule has 0 atom stereocenters. The van der Waals surface area contributed by atoms with E-state index in [0.29, 0.717) is 91.6 Å². The van der Waals surface area contributed by atoms with Gasteiger partial charge in [0.1, 0.15) is 11.0 Å². The van der Waals surface area contributed by atoms with Crippen molar-refractivity contribution in [3.05, 3.63) is 58.3 Å². The number of hydrogen-bond donors (Lipinski definition) is 3. The third kappa shape index (κ3) is 14.7. The number of piperazine rings is 2. The minimum absolute atomic E-state index is 0. The van der Waals surface area contributed by atoms with Crippen LogP contribution in [0.15, 0.2) is 33.1 Å². The van der Waals surface area contributed by atoms with E-state index in [2.05, 4.69) is 72.8 Å². The number of carbonyl (C=O) groups is 5. The van der Waals surface area contributed by atoms with Crippen molar-refractivity contribution in [3.8, 4) is 0 Å². The maximum Gasteiger partial charge on any atom is 0.373 e. The highest BCUT2D eigenvalue weighted by atomic mass is 127. The number of aliphatic carboxylic acids is 2. The summed E-state index contributed by atoms with van der Waals surface area (Å²) in [6, 6.07) is 8.18. The van der Waals surface area contributed by atoms with E-state index in [9.17, 15) is 29.1 Å². The van der Waals surface area contributed by atoms with Crippen molar-refractivity contribution in [2.75, 3.05) is 39.3 Å². The Kier molecular flexibility index (Phi) is 21.5. The van der Waals surface area contributed by atoms with Crippen molar-refractivity contribution < 1.29 is 52.6 Å². The smallest absolute Gasteiger partial charge is 0.373 e. The van der Waals surface area contributed by atoms with Crippen LogP contribution in [0.25, 0.3) is 22.2 Å². The Balaban J connectivity index is 0.000000208. The van der Waals surface area contributed by atoms with Crippen LogP contribution >= 0.6 is 24.0 Å². The summed E-state index contributed by atoms with van der Waals surface area (Å²) >= 11 is 0. The normalized spacial score (nSPS) is 24.6. The molecule has 0 aromatic carbocycles. The molecule has 3 N–H and O–H groups in total. The van der Waals surface area contributed by atoms with E-state index in [1.54, 1.807) is 6.92 Å². The van der Waals surface area contributed by atoms with E-state index >= 15 is 0 Å². The first-order valence-electron chi connectivity index (χ1n) is 32.8. The standard InChI is InChI=1S/C34H47N3O5.C25H35N3O2.C8H14O2.C2H6.CO2.HI/c1-31(2,3)23-16-24(22-18-34(19-22)10-7-11-34)35-25-17-26(42-27(23)25)29(39)37-15-14-36(20-32(37,4)5)28(38)21-8-12-33(6,13-9-21)30(40)41;1-23(2,3)17-11-18(16-13-25(14-16)7-6-8-25)27-19-12-20(30-21(17)19)22(29)28-10-9-26-15-24(28,4)5;1-8(7(9)10)5-3-2-4-6-8;1-2;2-1-3;/h16-17,21-22H,7-15,18-20H2,1-6H3,(H,40,41);11-12,16,26H,6-10,13-15H2,1-5H3;2-6H2,1H3,(H,9,10);1-2H3;;1H. The predicted octanol–water partition coefficient (Wildman–Crippen LogP) is 14.6.